The van der Waals surface area contributed by atoms with Crippen molar-refractivity contribution in [3.8, 4) is 0 Å². The van der Waals surface area contributed by atoms with Crippen LogP contribution in [0.15, 0.2) is 47.6 Å². The highest BCUT2D eigenvalue weighted by Gasteiger charge is 2.46. The minimum absolute atomic E-state index is 0.102. The van der Waals surface area contributed by atoms with Gasteiger partial charge in [0.1, 0.15) is 0 Å². The van der Waals surface area contributed by atoms with Crippen molar-refractivity contribution in [1.82, 2.24) is 19.2 Å². The Hall–Kier alpha value is -2.15. The smallest absolute Gasteiger partial charge is 0.243 e. The van der Waals surface area contributed by atoms with Crippen LogP contribution in [0.4, 0.5) is 5.95 Å². The van der Waals surface area contributed by atoms with Crippen LogP contribution in [0.25, 0.3) is 0 Å². The Bertz CT molecular complexity index is 1130. The first-order valence-electron chi connectivity index (χ1n) is 12.0. The van der Waals surface area contributed by atoms with Crippen LogP contribution in [-0.2, 0) is 20.4 Å². The molecule has 2 N–H and O–H groups in total. The van der Waals surface area contributed by atoms with E-state index in [0.29, 0.717) is 50.8 Å². The number of aliphatic hydroxyl groups excluding tert-OH is 1. The number of hydrogen-bond acceptors (Lipinski definition) is 9. The second kappa shape index (κ2) is 9.38. The molecule has 1 aromatic carbocycles. The number of benzene rings is 1. The first-order chi connectivity index (χ1) is 16.6. The largest absolute Gasteiger partial charge is 0.391 e. The number of fused-ring (bicyclic) bond motifs is 2. The summed E-state index contributed by atoms with van der Waals surface area (Å²) in [7, 11) is -3.65. The van der Waals surface area contributed by atoms with Gasteiger partial charge in [-0.25, -0.2) is 18.4 Å². The van der Waals surface area contributed by atoms with E-state index in [-0.39, 0.29) is 29.6 Å². The minimum atomic E-state index is -3.65. The fraction of sp³-hybridized carbons (Fsp3) is 0.583. The maximum Gasteiger partial charge on any atom is 0.243 e. The molecule has 190 valence electrons. The molecule has 4 heterocycles. The van der Waals surface area contributed by atoms with E-state index in [0.717, 1.165) is 0 Å². The summed E-state index contributed by atoms with van der Waals surface area (Å²) < 4.78 is 34.0. The maximum absolute atomic E-state index is 13.4. The fourth-order valence-corrected chi connectivity index (χ4v) is 6.77. The molecule has 2 bridgehead atoms. The predicted octanol–water partition coefficient (Wildman–Crippen LogP) is 0.418. The lowest BCUT2D eigenvalue weighted by Gasteiger charge is -2.45. The average molecular weight is 504 g/mol. The number of hydrogen-bond donors (Lipinski definition) is 2. The predicted molar refractivity (Wildman–Crippen MR) is 129 cm³/mol. The van der Waals surface area contributed by atoms with Gasteiger partial charge in [-0.05, 0) is 32.4 Å². The summed E-state index contributed by atoms with van der Waals surface area (Å²) in [5.41, 5.74) is -0.443. The molecule has 3 aliphatic rings. The Morgan fingerprint density at radius 3 is 2.49 bits per heavy atom. The van der Waals surface area contributed by atoms with E-state index in [1.165, 1.54) is 4.31 Å². The molecule has 0 amide bonds. The zero-order valence-corrected chi connectivity index (χ0v) is 20.9. The van der Waals surface area contributed by atoms with Gasteiger partial charge in [0.25, 0.3) is 0 Å². The second-order valence-corrected chi connectivity index (χ2v) is 12.1. The van der Waals surface area contributed by atoms with E-state index >= 15 is 0 Å². The third-order valence-corrected chi connectivity index (χ3v) is 9.18. The van der Waals surface area contributed by atoms with Crippen LogP contribution < -0.4 is 4.90 Å². The number of piperazine rings is 1. The van der Waals surface area contributed by atoms with Crippen LogP contribution >= 0.6 is 0 Å². The van der Waals surface area contributed by atoms with E-state index < -0.39 is 21.7 Å². The fourth-order valence-electron chi connectivity index (χ4n) is 5.28. The van der Waals surface area contributed by atoms with E-state index in [9.17, 15) is 18.6 Å². The van der Waals surface area contributed by atoms with Gasteiger partial charge in [0, 0.05) is 50.2 Å². The van der Waals surface area contributed by atoms with Crippen molar-refractivity contribution < 1.29 is 23.4 Å². The van der Waals surface area contributed by atoms with Gasteiger partial charge in [-0.15, -0.1) is 0 Å². The van der Waals surface area contributed by atoms with E-state index in [4.69, 9.17) is 4.74 Å². The highest BCUT2D eigenvalue weighted by molar-refractivity contribution is 7.89. The van der Waals surface area contributed by atoms with E-state index in [2.05, 4.69) is 14.9 Å². The Morgan fingerprint density at radius 1 is 1.11 bits per heavy atom. The molecule has 1 aromatic heterocycles. The maximum atomic E-state index is 13.4. The van der Waals surface area contributed by atoms with Crippen molar-refractivity contribution in [3.63, 3.8) is 0 Å². The lowest BCUT2D eigenvalue weighted by Crippen LogP contribution is -2.61. The van der Waals surface area contributed by atoms with Crippen LogP contribution in [-0.4, -0.2) is 101 Å². The van der Waals surface area contributed by atoms with Gasteiger partial charge in [-0.1, -0.05) is 18.2 Å². The van der Waals surface area contributed by atoms with Crippen molar-refractivity contribution in [3.05, 3.63) is 48.3 Å². The molecule has 10 nitrogen and oxygen atoms in total. The summed E-state index contributed by atoms with van der Waals surface area (Å²) >= 11 is 0. The molecule has 3 saturated heterocycles. The molecule has 35 heavy (non-hydrogen) atoms. The molecule has 3 fully saturated rings. The number of morpholine rings is 1. The Kier molecular flexibility index (Phi) is 6.58. The summed E-state index contributed by atoms with van der Waals surface area (Å²) in [5.74, 6) is 0.501. The highest BCUT2D eigenvalue weighted by Crippen LogP contribution is 2.32. The molecule has 0 aliphatic carbocycles. The van der Waals surface area contributed by atoms with Gasteiger partial charge in [-0.2, -0.15) is 4.31 Å². The van der Waals surface area contributed by atoms with Crippen LogP contribution in [0.5, 0.6) is 0 Å². The second-order valence-electron chi connectivity index (χ2n) is 10.1. The Labute approximate surface area is 206 Å². The standard InChI is InChI=1S/C24H33N5O5S/c1-24(2,31)17-11-25-23(26-12-17)28-9-8-27(35(32,33)20-6-4-3-5-7-20)13-19(28)14-29-18-10-22(30)21(29)16-34-15-18/h3-7,11-12,18-19,21-22,30-31H,8-10,13-16H2,1-2H3/t18-,19+,21-,22-/m0/s1. The molecule has 0 unspecified atom stereocenters. The summed E-state index contributed by atoms with van der Waals surface area (Å²) in [5, 5.41) is 20.8. The molecule has 11 heteroatoms. The number of aromatic nitrogens is 2. The first-order valence-corrected chi connectivity index (χ1v) is 13.5. The summed E-state index contributed by atoms with van der Waals surface area (Å²) in [4.78, 5) is 13.6. The minimum Gasteiger partial charge on any atom is -0.391 e. The normalized spacial score (nSPS) is 28.4. The Balaban J connectivity index is 1.43. The van der Waals surface area contributed by atoms with Crippen molar-refractivity contribution >= 4 is 16.0 Å². The molecule has 0 saturated carbocycles. The number of ether oxygens (including phenoxy) is 1. The quantitative estimate of drug-likeness (QED) is 0.578. The molecule has 5 rings (SSSR count). The zero-order chi connectivity index (χ0) is 24.8. The van der Waals surface area contributed by atoms with Crippen LogP contribution in [0.1, 0.15) is 25.8 Å². The first kappa shape index (κ1) is 24.5. The molecular weight excluding hydrogens is 470 g/mol. The van der Waals surface area contributed by atoms with Crippen molar-refractivity contribution in [2.24, 2.45) is 0 Å². The SMILES string of the molecule is CC(C)(O)c1cnc(N2CCN(S(=O)(=O)c3ccccc3)C[C@@H]2CN2[C@@H]3COC[C@H]2[C@@H](O)C3)nc1. The van der Waals surface area contributed by atoms with Gasteiger partial charge in [0.15, 0.2) is 0 Å². The third-order valence-electron chi connectivity index (χ3n) is 7.30. The topological polar surface area (TPSA) is 119 Å². The summed E-state index contributed by atoms with van der Waals surface area (Å²) in [6.07, 6.45) is 3.44. The van der Waals surface area contributed by atoms with Gasteiger partial charge >= 0.3 is 0 Å². The molecule has 4 atom stereocenters. The lowest BCUT2D eigenvalue weighted by atomic mass is 10.0. The number of sulfonamides is 1. The molecule has 0 spiro atoms. The zero-order valence-electron chi connectivity index (χ0n) is 20.1. The van der Waals surface area contributed by atoms with Gasteiger partial charge < -0.3 is 19.8 Å². The number of anilines is 1. The van der Waals surface area contributed by atoms with Crippen LogP contribution in [0, 0.1) is 0 Å². The molecule has 0 radical (unpaired) electrons. The van der Waals surface area contributed by atoms with Crippen molar-refractivity contribution in [2.45, 2.75) is 55.0 Å². The van der Waals surface area contributed by atoms with Gasteiger partial charge in [0.05, 0.1) is 41.9 Å². The molecule has 3 aliphatic heterocycles. The molecule has 2 aromatic rings. The summed E-state index contributed by atoms with van der Waals surface area (Å²) in [6, 6.07) is 8.27. The summed E-state index contributed by atoms with van der Waals surface area (Å²) in [6.45, 7) is 5.97. The Morgan fingerprint density at radius 2 is 1.83 bits per heavy atom. The van der Waals surface area contributed by atoms with Gasteiger partial charge in [0.2, 0.25) is 16.0 Å². The molecular formula is C24H33N5O5S. The third kappa shape index (κ3) is 4.81. The van der Waals surface area contributed by atoms with Crippen LogP contribution in [0.3, 0.4) is 0 Å². The number of rotatable bonds is 6. The number of aliphatic hydroxyl groups is 2. The van der Waals surface area contributed by atoms with Crippen molar-refractivity contribution in [1.29, 1.82) is 0 Å². The lowest BCUT2D eigenvalue weighted by molar-refractivity contribution is -0.0345. The van der Waals surface area contributed by atoms with Gasteiger partial charge in [-0.3, -0.25) is 4.90 Å². The van der Waals surface area contributed by atoms with E-state index in [1.54, 1.807) is 56.6 Å². The monoisotopic (exact) mass is 503 g/mol. The number of nitrogens with zero attached hydrogens (tertiary/aromatic N) is 5. The highest BCUT2D eigenvalue weighted by atomic mass is 32.2. The van der Waals surface area contributed by atoms with Crippen molar-refractivity contribution in [2.75, 3.05) is 44.3 Å². The average Bonchev–Trinajstić information content (AvgIpc) is 3.00. The van der Waals surface area contributed by atoms with Crippen LogP contribution in [0.2, 0.25) is 0 Å². The van der Waals surface area contributed by atoms with E-state index in [1.807, 2.05) is 4.90 Å².